The second kappa shape index (κ2) is 5.03. The Kier molecular flexibility index (Phi) is 4.08. The molecule has 7 heteroatoms. The molecule has 0 saturated heterocycles. The lowest BCUT2D eigenvalue weighted by molar-refractivity contribution is 0.493. The molecular formula is C11H16FN3O2S. The molecule has 0 heterocycles. The molecule has 0 aromatic heterocycles. The van der Waals surface area contributed by atoms with Crippen molar-refractivity contribution < 1.29 is 12.8 Å². The standard InChI is InChI=1S/C11H16FN3O2S/c1-11(2,10(13)14)7-15-18(16,17)9-5-3-8(12)4-6-9/h3-6,15H,7H2,1-2H3,(H3,13,14). The first-order valence-electron chi connectivity index (χ1n) is 5.25. The quantitative estimate of drug-likeness (QED) is 0.553. The molecule has 1 rings (SSSR count). The summed E-state index contributed by atoms with van der Waals surface area (Å²) >= 11 is 0. The van der Waals surface area contributed by atoms with Crippen LogP contribution in [-0.4, -0.2) is 20.8 Å². The Bertz CT molecular complexity index is 538. The van der Waals surface area contributed by atoms with Crippen LogP contribution < -0.4 is 10.5 Å². The number of sulfonamides is 1. The first-order valence-corrected chi connectivity index (χ1v) is 6.73. The third-order valence-electron chi connectivity index (χ3n) is 2.56. The van der Waals surface area contributed by atoms with Gasteiger partial charge in [-0.25, -0.2) is 17.5 Å². The Balaban J connectivity index is 2.84. The summed E-state index contributed by atoms with van der Waals surface area (Å²) in [7, 11) is -3.71. The van der Waals surface area contributed by atoms with Crippen molar-refractivity contribution in [3.8, 4) is 0 Å². The summed E-state index contributed by atoms with van der Waals surface area (Å²) in [5.74, 6) is -0.609. The van der Waals surface area contributed by atoms with Gasteiger partial charge in [0.15, 0.2) is 0 Å². The Morgan fingerprint density at radius 1 is 1.39 bits per heavy atom. The summed E-state index contributed by atoms with van der Waals surface area (Å²) in [4.78, 5) is -0.0248. The van der Waals surface area contributed by atoms with Crippen LogP contribution in [0, 0.1) is 16.6 Å². The number of halogens is 1. The number of nitrogens with two attached hydrogens (primary N) is 1. The number of hydrogen-bond donors (Lipinski definition) is 3. The molecule has 0 aliphatic carbocycles. The predicted octanol–water partition coefficient (Wildman–Crippen LogP) is 1.07. The summed E-state index contributed by atoms with van der Waals surface area (Å²) in [6.07, 6.45) is 0. The van der Waals surface area contributed by atoms with E-state index in [4.69, 9.17) is 11.1 Å². The van der Waals surface area contributed by atoms with Crippen molar-refractivity contribution in [2.24, 2.45) is 11.1 Å². The van der Waals surface area contributed by atoms with Gasteiger partial charge in [-0.2, -0.15) is 0 Å². The average molecular weight is 273 g/mol. The van der Waals surface area contributed by atoms with Crippen LogP contribution in [0.4, 0.5) is 4.39 Å². The van der Waals surface area contributed by atoms with E-state index in [0.29, 0.717) is 0 Å². The van der Waals surface area contributed by atoms with Crippen LogP contribution in [0.5, 0.6) is 0 Å². The molecular weight excluding hydrogens is 257 g/mol. The van der Waals surface area contributed by atoms with E-state index in [2.05, 4.69) is 4.72 Å². The zero-order valence-electron chi connectivity index (χ0n) is 10.2. The minimum atomic E-state index is -3.71. The van der Waals surface area contributed by atoms with E-state index in [1.165, 1.54) is 12.1 Å². The van der Waals surface area contributed by atoms with Gasteiger partial charge in [0.05, 0.1) is 10.7 Å². The van der Waals surface area contributed by atoms with Crippen LogP contribution in [-0.2, 0) is 10.0 Å². The fraction of sp³-hybridized carbons (Fsp3) is 0.364. The summed E-state index contributed by atoms with van der Waals surface area (Å²) in [5, 5.41) is 7.33. The molecule has 4 N–H and O–H groups in total. The second-order valence-corrected chi connectivity index (χ2v) is 6.34. The number of hydrogen-bond acceptors (Lipinski definition) is 3. The third kappa shape index (κ3) is 3.51. The molecule has 5 nitrogen and oxygen atoms in total. The van der Waals surface area contributed by atoms with Crippen molar-refractivity contribution in [1.29, 1.82) is 5.41 Å². The van der Waals surface area contributed by atoms with E-state index in [1.807, 2.05) is 0 Å². The average Bonchev–Trinajstić information content (AvgIpc) is 2.27. The molecule has 100 valence electrons. The van der Waals surface area contributed by atoms with Crippen molar-refractivity contribution >= 4 is 15.9 Å². The third-order valence-corrected chi connectivity index (χ3v) is 3.97. The van der Waals surface area contributed by atoms with Crippen molar-refractivity contribution in [2.75, 3.05) is 6.54 Å². The second-order valence-electron chi connectivity index (χ2n) is 4.58. The van der Waals surface area contributed by atoms with Gasteiger partial charge in [-0.15, -0.1) is 0 Å². The van der Waals surface area contributed by atoms with Crippen LogP contribution in [0.2, 0.25) is 0 Å². The molecule has 0 aliphatic rings. The number of rotatable bonds is 5. The zero-order valence-corrected chi connectivity index (χ0v) is 11.0. The zero-order chi connectivity index (χ0) is 14.0. The molecule has 1 aromatic rings. The SMILES string of the molecule is CC(C)(CNS(=O)(=O)c1ccc(F)cc1)C(=N)N. The summed E-state index contributed by atoms with van der Waals surface area (Å²) in [6.45, 7) is 3.31. The fourth-order valence-corrected chi connectivity index (χ4v) is 2.28. The Morgan fingerprint density at radius 3 is 2.33 bits per heavy atom. The highest BCUT2D eigenvalue weighted by molar-refractivity contribution is 7.89. The highest BCUT2D eigenvalue weighted by atomic mass is 32.2. The number of nitrogens with one attached hydrogen (secondary N) is 2. The lowest BCUT2D eigenvalue weighted by atomic mass is 9.93. The maximum Gasteiger partial charge on any atom is 0.240 e. The maximum absolute atomic E-state index is 12.7. The van der Waals surface area contributed by atoms with Crippen molar-refractivity contribution in [2.45, 2.75) is 18.7 Å². The van der Waals surface area contributed by atoms with Crippen LogP contribution in [0.3, 0.4) is 0 Å². The molecule has 0 amide bonds. The monoisotopic (exact) mass is 273 g/mol. The number of benzene rings is 1. The van der Waals surface area contributed by atoms with E-state index in [1.54, 1.807) is 13.8 Å². The maximum atomic E-state index is 12.7. The highest BCUT2D eigenvalue weighted by Gasteiger charge is 2.25. The Morgan fingerprint density at radius 2 is 1.89 bits per heavy atom. The molecule has 0 bridgehead atoms. The molecule has 0 spiro atoms. The molecule has 0 unspecified atom stereocenters. The van der Waals surface area contributed by atoms with Crippen LogP contribution >= 0.6 is 0 Å². The highest BCUT2D eigenvalue weighted by Crippen LogP contribution is 2.15. The van der Waals surface area contributed by atoms with Crippen molar-refractivity contribution in [3.63, 3.8) is 0 Å². The molecule has 0 radical (unpaired) electrons. The van der Waals surface area contributed by atoms with Gasteiger partial charge in [-0.3, -0.25) is 5.41 Å². The molecule has 1 aromatic carbocycles. The fourth-order valence-electron chi connectivity index (χ4n) is 1.07. The lowest BCUT2D eigenvalue weighted by Gasteiger charge is -2.23. The van der Waals surface area contributed by atoms with E-state index in [-0.39, 0.29) is 17.3 Å². The first-order chi connectivity index (χ1) is 8.15. The lowest BCUT2D eigenvalue weighted by Crippen LogP contribution is -2.42. The molecule has 0 atom stereocenters. The van der Waals surface area contributed by atoms with Gasteiger partial charge in [0.2, 0.25) is 10.0 Å². The summed E-state index contributed by atoms with van der Waals surface area (Å²) < 4.78 is 38.8. The predicted molar refractivity (Wildman–Crippen MR) is 67.3 cm³/mol. The van der Waals surface area contributed by atoms with E-state index in [9.17, 15) is 12.8 Å². The first kappa shape index (κ1) is 14.6. The van der Waals surface area contributed by atoms with Gasteiger partial charge in [-0.05, 0) is 24.3 Å². The molecule has 0 saturated carbocycles. The minimum absolute atomic E-state index is 0.00203. The summed E-state index contributed by atoms with van der Waals surface area (Å²) in [6, 6.07) is 4.51. The van der Waals surface area contributed by atoms with Gasteiger partial charge in [-0.1, -0.05) is 13.8 Å². The molecule has 0 aliphatic heterocycles. The van der Waals surface area contributed by atoms with Crippen LogP contribution in [0.25, 0.3) is 0 Å². The number of amidine groups is 1. The van der Waals surface area contributed by atoms with E-state index in [0.717, 1.165) is 12.1 Å². The van der Waals surface area contributed by atoms with Crippen molar-refractivity contribution in [1.82, 2.24) is 4.72 Å². The van der Waals surface area contributed by atoms with Crippen LogP contribution in [0.15, 0.2) is 29.2 Å². The van der Waals surface area contributed by atoms with Gasteiger partial charge in [0.1, 0.15) is 5.82 Å². The van der Waals surface area contributed by atoms with Crippen molar-refractivity contribution in [3.05, 3.63) is 30.1 Å². The molecule has 18 heavy (non-hydrogen) atoms. The minimum Gasteiger partial charge on any atom is -0.387 e. The Labute approximate surface area is 106 Å². The van der Waals surface area contributed by atoms with Gasteiger partial charge in [0.25, 0.3) is 0 Å². The van der Waals surface area contributed by atoms with Crippen LogP contribution in [0.1, 0.15) is 13.8 Å². The van der Waals surface area contributed by atoms with E-state index >= 15 is 0 Å². The normalized spacial score (nSPS) is 12.4. The summed E-state index contributed by atoms with van der Waals surface area (Å²) in [5.41, 5.74) is 4.59. The molecule has 0 fully saturated rings. The smallest absolute Gasteiger partial charge is 0.240 e. The van der Waals surface area contributed by atoms with Gasteiger partial charge >= 0.3 is 0 Å². The Hall–Kier alpha value is -1.47. The van der Waals surface area contributed by atoms with Gasteiger partial charge in [0, 0.05) is 12.0 Å². The van der Waals surface area contributed by atoms with Gasteiger partial charge < -0.3 is 5.73 Å². The van der Waals surface area contributed by atoms with E-state index < -0.39 is 21.3 Å². The topological polar surface area (TPSA) is 96.0 Å². The largest absolute Gasteiger partial charge is 0.387 e.